The maximum absolute atomic E-state index is 10.9. The maximum Gasteiger partial charge on any atom is 0.337 e. The zero-order chi connectivity index (χ0) is 12.1. The highest BCUT2D eigenvalue weighted by Gasteiger charge is 2.12. The van der Waals surface area contributed by atoms with Gasteiger partial charge in [-0.15, -0.1) is 0 Å². The fourth-order valence-corrected chi connectivity index (χ4v) is 1.53. The zero-order valence-corrected chi connectivity index (χ0v) is 9.34. The highest BCUT2D eigenvalue weighted by atomic mass is 16.4. The van der Waals surface area contributed by atoms with Gasteiger partial charge in [-0.25, -0.2) is 4.79 Å². The number of hydrogen-bond donors (Lipinski definition) is 3. The zero-order valence-electron chi connectivity index (χ0n) is 9.34. The fourth-order valence-electron chi connectivity index (χ4n) is 1.53. The summed E-state index contributed by atoms with van der Waals surface area (Å²) in [5.41, 5.74) is 0.663. The van der Waals surface area contributed by atoms with E-state index in [1.54, 1.807) is 6.92 Å². The molecule has 88 valence electrons. The molecule has 0 amide bonds. The molecule has 0 radical (unpaired) electrons. The Morgan fingerprint density at radius 2 is 2.25 bits per heavy atom. The van der Waals surface area contributed by atoms with Crippen molar-refractivity contribution in [1.82, 2.24) is 4.98 Å². The summed E-state index contributed by atoms with van der Waals surface area (Å²) in [5.74, 6) is -0.992. The van der Waals surface area contributed by atoms with Crippen molar-refractivity contribution in [3.8, 4) is 0 Å². The lowest BCUT2D eigenvalue weighted by molar-refractivity contribution is 0.0698. The highest BCUT2D eigenvalue weighted by molar-refractivity contribution is 5.93. The van der Waals surface area contributed by atoms with Gasteiger partial charge in [0, 0.05) is 12.2 Å². The van der Waals surface area contributed by atoms with Gasteiger partial charge in [-0.3, -0.25) is 4.98 Å². The molecule has 1 aromatic heterocycles. The van der Waals surface area contributed by atoms with Crippen LogP contribution in [-0.2, 0) is 0 Å². The van der Waals surface area contributed by atoms with Crippen molar-refractivity contribution in [3.05, 3.63) is 24.0 Å². The van der Waals surface area contributed by atoms with Crippen molar-refractivity contribution in [1.29, 1.82) is 0 Å². The molecule has 5 heteroatoms. The smallest absolute Gasteiger partial charge is 0.337 e. The summed E-state index contributed by atoms with van der Waals surface area (Å²) in [6.45, 7) is 3.57. The van der Waals surface area contributed by atoms with E-state index in [0.29, 0.717) is 12.1 Å². The number of carbonyl (C=O) groups is 1. The molecular weight excluding hydrogens is 208 g/mol. The first-order valence-corrected chi connectivity index (χ1v) is 5.12. The Kier molecular flexibility index (Phi) is 4.25. The molecule has 1 rings (SSSR count). The fraction of sp³-hybridized carbons (Fsp3) is 0.455. The van der Waals surface area contributed by atoms with Gasteiger partial charge in [0.1, 0.15) is 0 Å². The number of nitrogens with one attached hydrogen (secondary N) is 1. The maximum atomic E-state index is 10.9. The van der Waals surface area contributed by atoms with Crippen molar-refractivity contribution < 1.29 is 15.0 Å². The number of anilines is 1. The van der Waals surface area contributed by atoms with E-state index in [9.17, 15) is 9.90 Å². The van der Waals surface area contributed by atoms with E-state index in [2.05, 4.69) is 10.3 Å². The first-order valence-electron chi connectivity index (χ1n) is 5.12. The van der Waals surface area contributed by atoms with Crippen LogP contribution in [0.4, 0.5) is 5.69 Å². The van der Waals surface area contributed by atoms with E-state index in [4.69, 9.17) is 5.11 Å². The molecule has 16 heavy (non-hydrogen) atoms. The van der Waals surface area contributed by atoms with Crippen molar-refractivity contribution >= 4 is 11.7 Å². The van der Waals surface area contributed by atoms with Crippen LogP contribution in [0.2, 0.25) is 0 Å². The second-order valence-corrected chi connectivity index (χ2v) is 3.86. The minimum Gasteiger partial charge on any atom is -0.478 e. The third-order valence-electron chi connectivity index (χ3n) is 2.15. The Labute approximate surface area is 94.1 Å². The summed E-state index contributed by atoms with van der Waals surface area (Å²) in [5, 5.41) is 21.2. The Morgan fingerprint density at radius 1 is 1.56 bits per heavy atom. The average Bonchev–Trinajstić information content (AvgIpc) is 2.16. The predicted octanol–water partition coefficient (Wildman–Crippen LogP) is 1.35. The number of carboxylic acid groups (broad SMARTS) is 1. The summed E-state index contributed by atoms with van der Waals surface area (Å²) in [4.78, 5) is 14.8. The van der Waals surface area contributed by atoms with Crippen LogP contribution < -0.4 is 5.32 Å². The number of aliphatic hydroxyl groups excluding tert-OH is 1. The Bertz CT molecular complexity index is 366. The largest absolute Gasteiger partial charge is 0.478 e. The van der Waals surface area contributed by atoms with Crippen LogP contribution in [0.25, 0.3) is 0 Å². The lowest BCUT2D eigenvalue weighted by Gasteiger charge is -2.17. The van der Waals surface area contributed by atoms with Crippen LogP contribution in [0.15, 0.2) is 18.5 Å². The summed E-state index contributed by atoms with van der Waals surface area (Å²) in [6.07, 6.45) is 3.04. The molecule has 1 aromatic rings. The monoisotopic (exact) mass is 224 g/mol. The average molecular weight is 224 g/mol. The molecule has 0 saturated heterocycles. The normalized spacial score (nSPS) is 14.2. The summed E-state index contributed by atoms with van der Waals surface area (Å²) >= 11 is 0. The molecule has 0 aliphatic heterocycles. The van der Waals surface area contributed by atoms with Crippen LogP contribution in [0.3, 0.4) is 0 Å². The molecule has 0 aromatic carbocycles. The molecule has 0 saturated carbocycles. The number of hydrogen-bond acceptors (Lipinski definition) is 4. The van der Waals surface area contributed by atoms with Gasteiger partial charge in [0.25, 0.3) is 0 Å². The topological polar surface area (TPSA) is 82.5 Å². The van der Waals surface area contributed by atoms with Gasteiger partial charge in [-0.1, -0.05) is 0 Å². The van der Waals surface area contributed by atoms with Crippen molar-refractivity contribution in [2.24, 2.45) is 0 Å². The van der Waals surface area contributed by atoms with E-state index in [1.165, 1.54) is 18.5 Å². The van der Waals surface area contributed by atoms with Gasteiger partial charge in [0.2, 0.25) is 0 Å². The van der Waals surface area contributed by atoms with Gasteiger partial charge in [-0.2, -0.15) is 0 Å². The molecule has 5 nitrogen and oxygen atoms in total. The van der Waals surface area contributed by atoms with E-state index in [-0.39, 0.29) is 11.6 Å². The molecule has 0 aliphatic carbocycles. The molecule has 0 fully saturated rings. The standard InChI is InChI=1S/C11H16N2O3/c1-7(5-8(2)14)13-10-6-12-4-3-9(10)11(15)16/h3-4,6-8,13-14H,5H2,1-2H3,(H,15,16). The van der Waals surface area contributed by atoms with Crippen molar-refractivity contribution in [3.63, 3.8) is 0 Å². The van der Waals surface area contributed by atoms with Crippen LogP contribution in [0.1, 0.15) is 30.6 Å². The summed E-state index contributed by atoms with van der Waals surface area (Å²) < 4.78 is 0. The Hall–Kier alpha value is -1.62. The number of rotatable bonds is 5. The van der Waals surface area contributed by atoms with E-state index < -0.39 is 12.1 Å². The number of aliphatic hydroxyl groups is 1. The quantitative estimate of drug-likeness (QED) is 0.703. The third kappa shape index (κ3) is 3.51. The number of carboxylic acids is 1. The van der Waals surface area contributed by atoms with Gasteiger partial charge in [-0.05, 0) is 26.3 Å². The van der Waals surface area contributed by atoms with Crippen LogP contribution >= 0.6 is 0 Å². The minimum absolute atomic E-state index is 0.0118. The van der Waals surface area contributed by atoms with Crippen LogP contribution in [0, 0.1) is 0 Å². The van der Waals surface area contributed by atoms with Crippen molar-refractivity contribution in [2.75, 3.05) is 5.32 Å². The third-order valence-corrected chi connectivity index (χ3v) is 2.15. The molecule has 0 bridgehead atoms. The van der Waals surface area contributed by atoms with Crippen LogP contribution in [0.5, 0.6) is 0 Å². The molecule has 0 spiro atoms. The Balaban J connectivity index is 2.76. The molecule has 0 aliphatic rings. The second-order valence-electron chi connectivity index (χ2n) is 3.86. The van der Waals surface area contributed by atoms with E-state index >= 15 is 0 Å². The number of aromatic carboxylic acids is 1. The predicted molar refractivity (Wildman–Crippen MR) is 60.6 cm³/mol. The second kappa shape index (κ2) is 5.46. The first-order chi connectivity index (χ1) is 7.50. The molecule has 2 unspecified atom stereocenters. The number of pyridine rings is 1. The molecular formula is C11H16N2O3. The molecule has 1 heterocycles. The summed E-state index contributed by atoms with van der Waals surface area (Å²) in [6, 6.07) is 1.43. The first kappa shape index (κ1) is 12.4. The minimum atomic E-state index is -0.992. The lowest BCUT2D eigenvalue weighted by Crippen LogP contribution is -2.22. The van der Waals surface area contributed by atoms with Crippen molar-refractivity contribution in [2.45, 2.75) is 32.4 Å². The highest BCUT2D eigenvalue weighted by Crippen LogP contribution is 2.15. The lowest BCUT2D eigenvalue weighted by atomic mass is 10.1. The van der Waals surface area contributed by atoms with Gasteiger partial charge in [0.15, 0.2) is 0 Å². The van der Waals surface area contributed by atoms with Gasteiger partial charge < -0.3 is 15.5 Å². The van der Waals surface area contributed by atoms with E-state index in [1.807, 2.05) is 6.92 Å². The number of nitrogens with zero attached hydrogens (tertiary/aromatic N) is 1. The van der Waals surface area contributed by atoms with Gasteiger partial charge >= 0.3 is 5.97 Å². The molecule has 2 atom stereocenters. The van der Waals surface area contributed by atoms with E-state index in [0.717, 1.165) is 0 Å². The number of aromatic nitrogens is 1. The Morgan fingerprint density at radius 3 is 2.81 bits per heavy atom. The van der Waals surface area contributed by atoms with Crippen LogP contribution in [-0.4, -0.2) is 33.3 Å². The SMILES string of the molecule is CC(O)CC(C)Nc1cnccc1C(=O)O. The summed E-state index contributed by atoms with van der Waals surface area (Å²) in [7, 11) is 0. The molecule has 3 N–H and O–H groups in total. The van der Waals surface area contributed by atoms with Gasteiger partial charge in [0.05, 0.1) is 23.6 Å².